The molecule has 2 N–H and O–H groups in total. The fraction of sp³-hybridized carbons (Fsp3) is 1.00. The molecule has 210 valence electrons. The van der Waals surface area contributed by atoms with Crippen LogP contribution in [0.4, 0.5) is 92.2 Å². The van der Waals surface area contributed by atoms with Crippen LogP contribution in [0, 0.1) is 0 Å². The van der Waals surface area contributed by atoms with Crippen molar-refractivity contribution in [2.24, 2.45) is 5.50 Å². The van der Waals surface area contributed by atoms with E-state index in [0.29, 0.717) is 0 Å². The highest BCUT2D eigenvalue weighted by atomic mass is 31.1. The van der Waals surface area contributed by atoms with Gasteiger partial charge in [-0.25, -0.2) is 0 Å². The molecule has 0 aromatic carbocycles. The van der Waals surface area contributed by atoms with E-state index in [9.17, 15) is 96.8 Å². The summed E-state index contributed by atoms with van der Waals surface area (Å²) in [5.74, 6) is -77.6. The quantitative estimate of drug-likeness (QED) is 0.219. The van der Waals surface area contributed by atoms with Gasteiger partial charge in [-0.05, 0) is 0 Å². The largest absolute Gasteiger partial charge is 0.460 e. The van der Waals surface area contributed by atoms with E-state index in [1.807, 2.05) is 0 Å². The standard InChI is InChI=1S/C11H4F21NOP/c12-2(13,1-35(33)34)3(14,15)4(16,17)5(18,19)6(20,21)7(22,23)8(24,25)9(26,27)10(28,29)11(30,31)32/h1H2,(H2,33,34)/q+1. The Morgan fingerprint density at radius 3 is 0.800 bits per heavy atom. The zero-order chi connectivity index (χ0) is 29.3. The van der Waals surface area contributed by atoms with Crippen LogP contribution < -0.4 is 5.50 Å². The summed E-state index contributed by atoms with van der Waals surface area (Å²) in [7, 11) is -4.25. The molecule has 0 fully saturated rings. The molecule has 1 atom stereocenters. The maximum Gasteiger partial charge on any atom is 0.460 e. The van der Waals surface area contributed by atoms with Gasteiger partial charge in [0.05, 0.1) is 0 Å². The van der Waals surface area contributed by atoms with Crippen molar-refractivity contribution in [3.05, 3.63) is 0 Å². The minimum atomic E-state index is -9.21. The summed E-state index contributed by atoms with van der Waals surface area (Å²) in [6.07, 6.45) is -11.3. The lowest BCUT2D eigenvalue weighted by atomic mass is 9.86. The van der Waals surface area contributed by atoms with Crippen LogP contribution >= 0.6 is 7.95 Å². The third kappa shape index (κ3) is 4.26. The van der Waals surface area contributed by atoms with Crippen molar-refractivity contribution in [2.75, 3.05) is 6.16 Å². The Bertz CT molecular complexity index is 813. The number of rotatable bonds is 10. The Hall–Kier alpha value is -1.41. The summed E-state index contributed by atoms with van der Waals surface area (Å²) < 4.78 is 283. The van der Waals surface area contributed by atoms with Crippen molar-refractivity contribution in [2.45, 2.75) is 59.5 Å². The van der Waals surface area contributed by atoms with E-state index in [4.69, 9.17) is 0 Å². The highest BCUT2D eigenvalue weighted by molar-refractivity contribution is 7.42. The average Bonchev–Trinajstić information content (AvgIpc) is 2.58. The van der Waals surface area contributed by atoms with Crippen LogP contribution in [0.1, 0.15) is 0 Å². The van der Waals surface area contributed by atoms with Crippen molar-refractivity contribution in [1.29, 1.82) is 0 Å². The fourth-order valence-electron chi connectivity index (χ4n) is 1.89. The number of hydrogen-bond acceptors (Lipinski definition) is 1. The Kier molecular flexibility index (Phi) is 7.97. The maximum atomic E-state index is 13.4. The van der Waals surface area contributed by atoms with Gasteiger partial charge in [0, 0.05) is 0 Å². The lowest BCUT2D eigenvalue weighted by Gasteiger charge is -2.44. The second-order valence-corrected chi connectivity index (χ2v) is 7.52. The predicted octanol–water partition coefficient (Wildman–Crippen LogP) is 6.97. The van der Waals surface area contributed by atoms with Gasteiger partial charge >= 0.3 is 67.4 Å². The summed E-state index contributed by atoms with van der Waals surface area (Å²) in [4.78, 5) is 0. The van der Waals surface area contributed by atoms with Crippen molar-refractivity contribution < 1.29 is 96.8 Å². The SMILES string of the molecule is N[P+](=O)CC(F)(F)C(F)(F)C(F)(F)C(F)(F)C(F)(F)C(F)(F)C(F)(F)C(F)(F)C(F)(F)C(F)(F)F. The molecule has 0 aromatic rings. The number of halogens is 21. The molecule has 0 saturated carbocycles. The van der Waals surface area contributed by atoms with Gasteiger partial charge in [-0.1, -0.05) is 4.57 Å². The summed E-state index contributed by atoms with van der Waals surface area (Å²) in [5, 5.41) is 0. The minimum Gasteiger partial charge on any atom is -0.195 e. The average molecular weight is 596 g/mol. The summed E-state index contributed by atoms with van der Waals surface area (Å²) >= 11 is 0. The van der Waals surface area contributed by atoms with Crippen molar-refractivity contribution >= 4 is 7.95 Å². The van der Waals surface area contributed by atoms with Crippen LogP contribution in [0.25, 0.3) is 0 Å². The predicted molar refractivity (Wildman–Crippen MR) is 67.2 cm³/mol. The highest BCUT2D eigenvalue weighted by Crippen LogP contribution is 2.66. The molecule has 0 bridgehead atoms. The first-order chi connectivity index (χ1) is 14.7. The molecule has 0 saturated heterocycles. The number of alkyl halides is 21. The second kappa shape index (κ2) is 8.30. The molecule has 0 spiro atoms. The van der Waals surface area contributed by atoms with E-state index in [2.05, 4.69) is 5.50 Å². The molecule has 0 aromatic heterocycles. The Balaban J connectivity index is 7.05. The Morgan fingerprint density at radius 1 is 0.400 bits per heavy atom. The number of nitrogens with two attached hydrogens (primary N) is 1. The Morgan fingerprint density at radius 2 is 0.600 bits per heavy atom. The molecule has 0 amide bonds. The molecule has 0 aliphatic heterocycles. The minimum absolute atomic E-state index is 3.28. The van der Waals surface area contributed by atoms with Crippen molar-refractivity contribution in [1.82, 2.24) is 0 Å². The summed E-state index contributed by atoms with van der Waals surface area (Å²) in [6.45, 7) is 0. The zero-order valence-corrected chi connectivity index (χ0v) is 16.0. The van der Waals surface area contributed by atoms with Crippen LogP contribution in [0.15, 0.2) is 0 Å². The molecule has 35 heavy (non-hydrogen) atoms. The van der Waals surface area contributed by atoms with Gasteiger partial charge in [0.2, 0.25) is 6.16 Å². The first-order valence-corrected chi connectivity index (χ1v) is 8.84. The zero-order valence-electron chi connectivity index (χ0n) is 15.1. The van der Waals surface area contributed by atoms with E-state index in [0.717, 1.165) is 0 Å². The lowest BCUT2D eigenvalue weighted by molar-refractivity contribution is -0.473. The third-order valence-corrected chi connectivity index (χ3v) is 4.64. The van der Waals surface area contributed by atoms with Crippen LogP contribution in [0.2, 0.25) is 0 Å². The van der Waals surface area contributed by atoms with Gasteiger partial charge in [-0.2, -0.15) is 92.2 Å². The maximum absolute atomic E-state index is 13.4. The van der Waals surface area contributed by atoms with Gasteiger partial charge in [0.1, 0.15) is 0 Å². The molecule has 24 heteroatoms. The number of hydrogen-bond donors (Lipinski definition) is 1. The second-order valence-electron chi connectivity index (χ2n) is 6.37. The van der Waals surface area contributed by atoms with E-state index in [-0.39, 0.29) is 0 Å². The first kappa shape index (κ1) is 33.6. The monoisotopic (exact) mass is 596 g/mol. The van der Waals surface area contributed by atoms with E-state index < -0.39 is 73.6 Å². The molecule has 0 aliphatic carbocycles. The fourth-order valence-corrected chi connectivity index (χ4v) is 2.48. The third-order valence-electron chi connectivity index (χ3n) is 3.93. The molecule has 0 heterocycles. The molecule has 0 radical (unpaired) electrons. The Labute approximate surface area is 177 Å². The van der Waals surface area contributed by atoms with Gasteiger partial charge in [0.15, 0.2) is 0 Å². The smallest absolute Gasteiger partial charge is 0.195 e. The van der Waals surface area contributed by atoms with E-state index in [1.165, 1.54) is 0 Å². The topological polar surface area (TPSA) is 43.1 Å². The normalized spacial score (nSPS) is 17.0. The van der Waals surface area contributed by atoms with Crippen LogP contribution in [-0.2, 0) is 4.57 Å². The van der Waals surface area contributed by atoms with Crippen molar-refractivity contribution in [3.8, 4) is 0 Å². The summed E-state index contributed by atoms with van der Waals surface area (Å²) in [5.41, 5.74) is 4.01. The van der Waals surface area contributed by atoms with E-state index >= 15 is 0 Å². The first-order valence-electron chi connectivity index (χ1n) is 7.33. The van der Waals surface area contributed by atoms with Gasteiger partial charge < -0.3 is 0 Å². The highest BCUT2D eigenvalue weighted by Gasteiger charge is 2.98. The van der Waals surface area contributed by atoms with Crippen LogP contribution in [0.5, 0.6) is 0 Å². The van der Waals surface area contributed by atoms with Crippen molar-refractivity contribution in [3.63, 3.8) is 0 Å². The van der Waals surface area contributed by atoms with Gasteiger partial charge in [0.25, 0.3) is 0 Å². The summed E-state index contributed by atoms with van der Waals surface area (Å²) in [6, 6.07) is 0. The molecule has 0 rings (SSSR count). The lowest BCUT2D eigenvalue weighted by Crippen LogP contribution is -2.77. The molecule has 0 aliphatic rings. The molecule has 2 nitrogen and oxygen atoms in total. The molecule has 1 unspecified atom stereocenters. The molecular weight excluding hydrogens is 592 g/mol. The van der Waals surface area contributed by atoms with Gasteiger partial charge in [-0.15, -0.1) is 5.50 Å². The van der Waals surface area contributed by atoms with E-state index in [1.54, 1.807) is 0 Å². The van der Waals surface area contributed by atoms with Crippen LogP contribution in [0.3, 0.4) is 0 Å². The van der Waals surface area contributed by atoms with Gasteiger partial charge in [-0.3, -0.25) is 0 Å². The molecular formula is C11H4F21NOP+. The van der Waals surface area contributed by atoms with Crippen LogP contribution in [-0.4, -0.2) is 65.6 Å².